The Labute approximate surface area is 145 Å². The normalized spacial score (nSPS) is 10.7. The molecule has 2 N–H and O–H groups in total. The standard InChI is InChI=1S/C19H20N4O2/c1-12-5-4-8-23-15(11-21-18(12)23)10-17(24)22-16-7-6-14(9-13(16)2)19(25)20-3/h4-9,11H,10H2,1-3H3,(H,20,25)(H,22,24). The van der Waals surface area contributed by atoms with Gasteiger partial charge in [0.25, 0.3) is 5.91 Å². The highest BCUT2D eigenvalue weighted by Crippen LogP contribution is 2.18. The zero-order valence-corrected chi connectivity index (χ0v) is 14.5. The van der Waals surface area contributed by atoms with E-state index in [1.54, 1.807) is 31.4 Å². The maximum Gasteiger partial charge on any atom is 0.251 e. The molecule has 0 aliphatic rings. The van der Waals surface area contributed by atoms with E-state index in [1.807, 2.05) is 36.6 Å². The SMILES string of the molecule is CNC(=O)c1ccc(NC(=O)Cc2cnc3c(C)cccn23)c(C)c1. The molecule has 3 aromatic rings. The first-order chi connectivity index (χ1) is 12.0. The van der Waals surface area contributed by atoms with Gasteiger partial charge in [-0.3, -0.25) is 9.59 Å². The summed E-state index contributed by atoms with van der Waals surface area (Å²) in [5, 5.41) is 5.48. The molecule has 6 nitrogen and oxygen atoms in total. The zero-order chi connectivity index (χ0) is 18.0. The van der Waals surface area contributed by atoms with E-state index in [0.29, 0.717) is 11.3 Å². The Balaban J connectivity index is 1.76. The maximum atomic E-state index is 12.4. The van der Waals surface area contributed by atoms with E-state index < -0.39 is 0 Å². The highest BCUT2D eigenvalue weighted by Gasteiger charge is 2.12. The predicted molar refractivity (Wildman–Crippen MR) is 96.8 cm³/mol. The Hall–Kier alpha value is -3.15. The van der Waals surface area contributed by atoms with Gasteiger partial charge in [-0.05, 0) is 49.2 Å². The van der Waals surface area contributed by atoms with Gasteiger partial charge < -0.3 is 15.0 Å². The van der Waals surface area contributed by atoms with Gasteiger partial charge in [-0.25, -0.2) is 4.98 Å². The van der Waals surface area contributed by atoms with Gasteiger partial charge in [-0.2, -0.15) is 0 Å². The first kappa shape index (κ1) is 16.7. The Bertz CT molecular complexity index is 959. The molecule has 2 aromatic heterocycles. The van der Waals surface area contributed by atoms with Crippen LogP contribution in [-0.2, 0) is 11.2 Å². The van der Waals surface area contributed by atoms with Crippen LogP contribution in [0.2, 0.25) is 0 Å². The van der Waals surface area contributed by atoms with Gasteiger partial charge in [0, 0.05) is 30.7 Å². The fourth-order valence-corrected chi connectivity index (χ4v) is 2.78. The number of benzene rings is 1. The number of imidazole rings is 1. The zero-order valence-electron chi connectivity index (χ0n) is 14.5. The number of aromatic nitrogens is 2. The topological polar surface area (TPSA) is 75.5 Å². The summed E-state index contributed by atoms with van der Waals surface area (Å²) in [5.74, 6) is -0.277. The number of hydrogen-bond acceptors (Lipinski definition) is 3. The van der Waals surface area contributed by atoms with Crippen molar-refractivity contribution >= 4 is 23.1 Å². The second-order valence-corrected chi connectivity index (χ2v) is 5.97. The number of fused-ring (bicyclic) bond motifs is 1. The number of anilines is 1. The van der Waals surface area contributed by atoms with E-state index in [0.717, 1.165) is 22.5 Å². The molecular weight excluding hydrogens is 316 g/mol. The smallest absolute Gasteiger partial charge is 0.251 e. The van der Waals surface area contributed by atoms with Crippen LogP contribution in [0.25, 0.3) is 5.65 Å². The average molecular weight is 336 g/mol. The molecule has 0 spiro atoms. The van der Waals surface area contributed by atoms with Crippen LogP contribution in [0, 0.1) is 13.8 Å². The quantitative estimate of drug-likeness (QED) is 0.768. The second-order valence-electron chi connectivity index (χ2n) is 5.97. The van der Waals surface area contributed by atoms with E-state index in [-0.39, 0.29) is 18.2 Å². The van der Waals surface area contributed by atoms with Crippen molar-refractivity contribution in [3.63, 3.8) is 0 Å². The van der Waals surface area contributed by atoms with E-state index in [4.69, 9.17) is 0 Å². The van der Waals surface area contributed by atoms with Crippen molar-refractivity contribution in [3.05, 3.63) is 65.1 Å². The van der Waals surface area contributed by atoms with Crippen LogP contribution in [0.4, 0.5) is 5.69 Å². The maximum absolute atomic E-state index is 12.4. The van der Waals surface area contributed by atoms with Crippen LogP contribution in [0.5, 0.6) is 0 Å². The monoisotopic (exact) mass is 336 g/mol. The molecular formula is C19H20N4O2. The molecule has 2 heterocycles. The van der Waals surface area contributed by atoms with Crippen molar-refractivity contribution in [2.24, 2.45) is 0 Å². The molecule has 0 saturated carbocycles. The number of rotatable bonds is 4. The number of pyridine rings is 1. The van der Waals surface area contributed by atoms with Crippen LogP contribution >= 0.6 is 0 Å². The summed E-state index contributed by atoms with van der Waals surface area (Å²) in [6.07, 6.45) is 3.85. The van der Waals surface area contributed by atoms with Crippen molar-refractivity contribution in [1.29, 1.82) is 0 Å². The molecule has 0 radical (unpaired) electrons. The van der Waals surface area contributed by atoms with Gasteiger partial charge in [0.2, 0.25) is 5.91 Å². The Morgan fingerprint density at radius 2 is 1.96 bits per heavy atom. The number of nitrogens with zero attached hydrogens (tertiary/aromatic N) is 2. The van der Waals surface area contributed by atoms with E-state index in [2.05, 4.69) is 15.6 Å². The summed E-state index contributed by atoms with van der Waals surface area (Å²) >= 11 is 0. The van der Waals surface area contributed by atoms with Crippen LogP contribution in [0.3, 0.4) is 0 Å². The number of carbonyl (C=O) groups excluding carboxylic acids is 2. The molecule has 0 unspecified atom stereocenters. The van der Waals surface area contributed by atoms with Gasteiger partial charge in [0.15, 0.2) is 0 Å². The fraction of sp³-hybridized carbons (Fsp3) is 0.211. The Kier molecular flexibility index (Phi) is 4.52. The lowest BCUT2D eigenvalue weighted by Gasteiger charge is -2.10. The first-order valence-electron chi connectivity index (χ1n) is 8.03. The summed E-state index contributed by atoms with van der Waals surface area (Å²) < 4.78 is 1.93. The van der Waals surface area contributed by atoms with Gasteiger partial charge in [0.05, 0.1) is 12.1 Å². The van der Waals surface area contributed by atoms with Gasteiger partial charge in [-0.15, -0.1) is 0 Å². The minimum Gasteiger partial charge on any atom is -0.355 e. The fourth-order valence-electron chi connectivity index (χ4n) is 2.78. The average Bonchev–Trinajstić information content (AvgIpc) is 3.00. The third kappa shape index (κ3) is 3.38. The molecule has 25 heavy (non-hydrogen) atoms. The summed E-state index contributed by atoms with van der Waals surface area (Å²) in [5.41, 5.74) is 4.85. The molecule has 0 saturated heterocycles. The summed E-state index contributed by atoms with van der Waals surface area (Å²) in [7, 11) is 1.59. The van der Waals surface area contributed by atoms with Crippen LogP contribution < -0.4 is 10.6 Å². The number of carbonyl (C=O) groups is 2. The highest BCUT2D eigenvalue weighted by atomic mass is 16.2. The van der Waals surface area contributed by atoms with Crippen molar-refractivity contribution in [3.8, 4) is 0 Å². The lowest BCUT2D eigenvalue weighted by Crippen LogP contribution is -2.19. The van der Waals surface area contributed by atoms with Gasteiger partial charge in [0.1, 0.15) is 5.65 Å². The molecule has 1 aromatic carbocycles. The van der Waals surface area contributed by atoms with Crippen molar-refractivity contribution in [1.82, 2.24) is 14.7 Å². The van der Waals surface area contributed by atoms with Crippen LogP contribution in [0.1, 0.15) is 27.2 Å². The number of aryl methyl sites for hydroxylation is 2. The molecule has 128 valence electrons. The number of nitrogens with one attached hydrogen (secondary N) is 2. The second kappa shape index (κ2) is 6.76. The van der Waals surface area contributed by atoms with Gasteiger partial charge in [-0.1, -0.05) is 6.07 Å². The summed E-state index contributed by atoms with van der Waals surface area (Å²) in [6, 6.07) is 9.12. The molecule has 3 rings (SSSR count). The predicted octanol–water partition coefficient (Wildman–Crippen LogP) is 2.49. The molecule has 6 heteroatoms. The minimum absolute atomic E-state index is 0.126. The number of amides is 2. The number of hydrogen-bond donors (Lipinski definition) is 2. The lowest BCUT2D eigenvalue weighted by atomic mass is 10.1. The summed E-state index contributed by atoms with van der Waals surface area (Å²) in [6.45, 7) is 3.85. The van der Waals surface area contributed by atoms with Gasteiger partial charge >= 0.3 is 0 Å². The van der Waals surface area contributed by atoms with Crippen LogP contribution in [-0.4, -0.2) is 28.2 Å². The summed E-state index contributed by atoms with van der Waals surface area (Å²) in [4.78, 5) is 28.4. The largest absolute Gasteiger partial charge is 0.355 e. The third-order valence-electron chi connectivity index (χ3n) is 4.14. The Morgan fingerprint density at radius 3 is 2.68 bits per heavy atom. The third-order valence-corrected chi connectivity index (χ3v) is 4.14. The molecule has 0 fully saturated rings. The first-order valence-corrected chi connectivity index (χ1v) is 8.03. The lowest BCUT2D eigenvalue weighted by molar-refractivity contribution is -0.115. The Morgan fingerprint density at radius 1 is 1.16 bits per heavy atom. The van der Waals surface area contributed by atoms with Crippen molar-refractivity contribution < 1.29 is 9.59 Å². The molecule has 2 amide bonds. The van der Waals surface area contributed by atoms with E-state index in [1.165, 1.54) is 0 Å². The molecule has 0 atom stereocenters. The minimum atomic E-state index is -0.151. The van der Waals surface area contributed by atoms with Crippen molar-refractivity contribution in [2.75, 3.05) is 12.4 Å². The highest BCUT2D eigenvalue weighted by molar-refractivity contribution is 5.96. The molecule has 0 bridgehead atoms. The molecule has 0 aliphatic carbocycles. The van der Waals surface area contributed by atoms with Crippen molar-refractivity contribution in [2.45, 2.75) is 20.3 Å². The molecule has 0 aliphatic heterocycles. The van der Waals surface area contributed by atoms with Crippen LogP contribution in [0.15, 0.2) is 42.7 Å². The van der Waals surface area contributed by atoms with E-state index in [9.17, 15) is 9.59 Å². The van der Waals surface area contributed by atoms with E-state index >= 15 is 0 Å².